The number of amides is 1. The Morgan fingerprint density at radius 1 is 1.16 bits per heavy atom. The maximum Gasteiger partial charge on any atom is 0.252 e. The molecule has 3 aromatic rings. The maximum absolute atomic E-state index is 13.3. The number of aromatic nitrogens is 1. The summed E-state index contributed by atoms with van der Waals surface area (Å²) in [5, 5.41) is 0.710. The smallest absolute Gasteiger partial charge is 0.252 e. The van der Waals surface area contributed by atoms with Gasteiger partial charge in [0, 0.05) is 32.3 Å². The first-order valence-electron chi connectivity index (χ1n) is 10.5. The summed E-state index contributed by atoms with van der Waals surface area (Å²) in [7, 11) is 3.19. The standard InChI is InChI=1S/C24H27N3O4S/c1-29-20-9-7-18(17-21(20)30-2)8-10-23(28)27(12-11-26-13-15-31-16-14-26)24-25-19-5-3-4-6-22(19)32-24/h3-10,17H,11-16H2,1-2H3/b10-8+. The van der Waals surface area contributed by atoms with Crippen molar-refractivity contribution in [2.45, 2.75) is 0 Å². The van der Waals surface area contributed by atoms with E-state index in [0.29, 0.717) is 23.2 Å². The maximum atomic E-state index is 13.3. The van der Waals surface area contributed by atoms with Crippen LogP contribution in [0.15, 0.2) is 48.5 Å². The minimum Gasteiger partial charge on any atom is -0.493 e. The zero-order valence-corrected chi connectivity index (χ0v) is 19.1. The second-order valence-corrected chi connectivity index (χ2v) is 8.36. The van der Waals surface area contributed by atoms with Crippen molar-refractivity contribution in [3.05, 3.63) is 54.1 Å². The molecule has 32 heavy (non-hydrogen) atoms. The van der Waals surface area contributed by atoms with Crippen molar-refractivity contribution < 1.29 is 19.0 Å². The Bertz CT molecular complexity index is 1060. The van der Waals surface area contributed by atoms with Crippen LogP contribution in [0.5, 0.6) is 11.5 Å². The van der Waals surface area contributed by atoms with Crippen LogP contribution >= 0.6 is 11.3 Å². The van der Waals surface area contributed by atoms with Gasteiger partial charge >= 0.3 is 0 Å². The van der Waals surface area contributed by atoms with Crippen molar-refractivity contribution >= 4 is 38.7 Å². The summed E-state index contributed by atoms with van der Waals surface area (Å²) >= 11 is 1.53. The molecule has 1 saturated heterocycles. The molecule has 168 valence electrons. The molecule has 8 heteroatoms. The molecule has 2 heterocycles. The summed E-state index contributed by atoms with van der Waals surface area (Å²) in [6.07, 6.45) is 3.38. The third-order valence-electron chi connectivity index (χ3n) is 5.35. The second kappa shape index (κ2) is 10.6. The molecular formula is C24H27N3O4S. The molecule has 7 nitrogen and oxygen atoms in total. The fourth-order valence-electron chi connectivity index (χ4n) is 3.56. The number of para-hydroxylation sites is 1. The number of fused-ring (bicyclic) bond motifs is 1. The predicted molar refractivity (Wildman–Crippen MR) is 128 cm³/mol. The van der Waals surface area contributed by atoms with E-state index in [9.17, 15) is 4.79 Å². The lowest BCUT2D eigenvalue weighted by Gasteiger charge is -2.28. The van der Waals surface area contributed by atoms with Crippen LogP contribution in [0.1, 0.15) is 5.56 Å². The van der Waals surface area contributed by atoms with E-state index in [4.69, 9.17) is 19.2 Å². The lowest BCUT2D eigenvalue weighted by Crippen LogP contribution is -2.42. The lowest BCUT2D eigenvalue weighted by atomic mass is 10.2. The largest absolute Gasteiger partial charge is 0.493 e. The molecule has 0 N–H and O–H groups in total. The zero-order valence-electron chi connectivity index (χ0n) is 18.3. The van der Waals surface area contributed by atoms with Gasteiger partial charge < -0.3 is 14.2 Å². The monoisotopic (exact) mass is 453 g/mol. The normalized spacial score (nSPS) is 14.7. The van der Waals surface area contributed by atoms with Crippen LogP contribution in [0.4, 0.5) is 5.13 Å². The van der Waals surface area contributed by atoms with E-state index in [-0.39, 0.29) is 5.91 Å². The summed E-state index contributed by atoms with van der Waals surface area (Å²) in [5.41, 5.74) is 1.76. The van der Waals surface area contributed by atoms with Crippen LogP contribution in [0.3, 0.4) is 0 Å². The average Bonchev–Trinajstić information content (AvgIpc) is 3.27. The van der Waals surface area contributed by atoms with E-state index in [0.717, 1.165) is 48.6 Å². The molecule has 0 saturated carbocycles. The first kappa shape index (κ1) is 22.3. The van der Waals surface area contributed by atoms with Crippen molar-refractivity contribution in [1.29, 1.82) is 0 Å². The van der Waals surface area contributed by atoms with Gasteiger partial charge in [0.1, 0.15) is 0 Å². The molecule has 1 fully saturated rings. The average molecular weight is 454 g/mol. The highest BCUT2D eigenvalue weighted by Gasteiger charge is 2.20. The molecule has 0 unspecified atom stereocenters. The minimum atomic E-state index is -0.105. The summed E-state index contributed by atoms with van der Waals surface area (Å²) in [4.78, 5) is 22.0. The van der Waals surface area contributed by atoms with Gasteiger partial charge in [-0.05, 0) is 35.9 Å². The van der Waals surface area contributed by atoms with Crippen molar-refractivity contribution in [3.8, 4) is 11.5 Å². The number of thiazole rings is 1. The summed E-state index contributed by atoms with van der Waals surface area (Å²) in [5.74, 6) is 1.17. The van der Waals surface area contributed by atoms with Crippen molar-refractivity contribution in [1.82, 2.24) is 9.88 Å². The Hall–Kier alpha value is -2.94. The second-order valence-electron chi connectivity index (χ2n) is 7.36. The highest BCUT2D eigenvalue weighted by atomic mass is 32.1. The highest BCUT2D eigenvalue weighted by molar-refractivity contribution is 7.22. The number of anilines is 1. The lowest BCUT2D eigenvalue weighted by molar-refractivity contribution is -0.114. The van der Waals surface area contributed by atoms with Gasteiger partial charge in [-0.3, -0.25) is 14.6 Å². The quantitative estimate of drug-likeness (QED) is 0.485. The SMILES string of the molecule is COc1ccc(/C=C/C(=O)N(CCN2CCOCC2)c2nc3ccccc3s2)cc1OC. The molecule has 0 spiro atoms. The third kappa shape index (κ3) is 5.27. The molecule has 0 atom stereocenters. The first-order valence-corrected chi connectivity index (χ1v) is 11.4. The predicted octanol–water partition coefficient (Wildman–Crippen LogP) is 3.69. The molecule has 1 amide bonds. The van der Waals surface area contributed by atoms with Crippen LogP contribution < -0.4 is 14.4 Å². The molecule has 4 rings (SSSR count). The van der Waals surface area contributed by atoms with Crippen LogP contribution in [0.2, 0.25) is 0 Å². The van der Waals surface area contributed by atoms with E-state index < -0.39 is 0 Å². The first-order chi connectivity index (χ1) is 15.7. The number of benzene rings is 2. The van der Waals surface area contributed by atoms with E-state index >= 15 is 0 Å². The Morgan fingerprint density at radius 2 is 1.94 bits per heavy atom. The fraction of sp³-hybridized carbons (Fsp3) is 0.333. The minimum absolute atomic E-state index is 0.105. The molecule has 1 aromatic heterocycles. The van der Waals surface area contributed by atoms with Gasteiger partial charge in [-0.1, -0.05) is 29.5 Å². The van der Waals surface area contributed by atoms with E-state index in [1.54, 1.807) is 31.3 Å². The van der Waals surface area contributed by atoms with Crippen LogP contribution in [-0.2, 0) is 9.53 Å². The molecule has 2 aromatic carbocycles. The molecule has 0 aliphatic carbocycles. The van der Waals surface area contributed by atoms with Crippen molar-refractivity contribution in [3.63, 3.8) is 0 Å². The van der Waals surface area contributed by atoms with Crippen molar-refractivity contribution in [2.24, 2.45) is 0 Å². The van der Waals surface area contributed by atoms with Gasteiger partial charge in [-0.2, -0.15) is 0 Å². The number of nitrogens with zero attached hydrogens (tertiary/aromatic N) is 3. The molecule has 0 bridgehead atoms. The molecule has 1 aliphatic rings. The number of ether oxygens (including phenoxy) is 3. The number of morpholine rings is 1. The molecular weight excluding hydrogens is 426 g/mol. The van der Waals surface area contributed by atoms with Gasteiger partial charge in [-0.25, -0.2) is 4.98 Å². The topological polar surface area (TPSA) is 64.1 Å². The Balaban J connectivity index is 1.55. The van der Waals surface area contributed by atoms with E-state index in [1.165, 1.54) is 11.3 Å². The van der Waals surface area contributed by atoms with Gasteiger partial charge in [0.25, 0.3) is 5.91 Å². The number of rotatable bonds is 8. The fourth-order valence-corrected chi connectivity index (χ4v) is 4.55. The molecule has 0 radical (unpaired) electrons. The third-order valence-corrected chi connectivity index (χ3v) is 6.41. The Labute approximate surface area is 191 Å². The van der Waals surface area contributed by atoms with Gasteiger partial charge in [0.15, 0.2) is 16.6 Å². The summed E-state index contributed by atoms with van der Waals surface area (Å²) in [6, 6.07) is 13.5. The van der Waals surface area contributed by atoms with Crippen LogP contribution in [0, 0.1) is 0 Å². The molecule has 1 aliphatic heterocycles. The summed E-state index contributed by atoms with van der Waals surface area (Å²) < 4.78 is 17.2. The Morgan fingerprint density at radius 3 is 2.69 bits per heavy atom. The van der Waals surface area contributed by atoms with Gasteiger partial charge in [0.05, 0.1) is 37.6 Å². The van der Waals surface area contributed by atoms with Crippen LogP contribution in [0.25, 0.3) is 16.3 Å². The van der Waals surface area contributed by atoms with Crippen LogP contribution in [-0.4, -0.2) is 69.4 Å². The zero-order chi connectivity index (χ0) is 22.3. The van der Waals surface area contributed by atoms with Gasteiger partial charge in [0.2, 0.25) is 0 Å². The van der Waals surface area contributed by atoms with E-state index in [1.807, 2.05) is 42.5 Å². The number of carbonyl (C=O) groups excluding carboxylic acids is 1. The van der Waals surface area contributed by atoms with Crippen molar-refractivity contribution in [2.75, 3.05) is 58.5 Å². The Kier molecular flexibility index (Phi) is 7.36. The number of hydrogen-bond donors (Lipinski definition) is 0. The number of methoxy groups -OCH3 is 2. The number of hydrogen-bond acceptors (Lipinski definition) is 7. The summed E-state index contributed by atoms with van der Waals surface area (Å²) in [6.45, 7) is 4.56. The highest BCUT2D eigenvalue weighted by Crippen LogP contribution is 2.30. The van der Waals surface area contributed by atoms with E-state index in [2.05, 4.69) is 4.90 Å². The number of carbonyl (C=O) groups is 1. The van der Waals surface area contributed by atoms with Gasteiger partial charge in [-0.15, -0.1) is 0 Å².